The molecule has 0 heterocycles. The van der Waals surface area contributed by atoms with Gasteiger partial charge in [-0.05, 0) is 44.9 Å². The Kier molecular flexibility index (Phi) is 51.0. The van der Waals surface area contributed by atoms with Crippen LogP contribution < -0.4 is 5.32 Å². The zero-order chi connectivity index (χ0) is 45.1. The number of aliphatic hydroxyl groups excluding tert-OH is 3. The van der Waals surface area contributed by atoms with Gasteiger partial charge in [0, 0.05) is 0 Å². The minimum absolute atomic E-state index is 0.00551. The fraction of sp³-hybridized carbons (Fsp3) is 0.877. The summed E-state index contributed by atoms with van der Waals surface area (Å²) in [5, 5.41) is 33.3. The van der Waals surface area contributed by atoms with E-state index >= 15 is 0 Å². The van der Waals surface area contributed by atoms with Gasteiger partial charge in [0.25, 0.3) is 0 Å². The Hall–Kier alpha value is -1.43. The molecule has 4 N–H and O–H groups in total. The molecule has 0 aliphatic rings. The maximum absolute atomic E-state index is 12.5. The fourth-order valence-electron chi connectivity index (χ4n) is 8.67. The van der Waals surface area contributed by atoms with Gasteiger partial charge in [-0.15, -0.1) is 0 Å². The Morgan fingerprint density at radius 2 is 0.694 bits per heavy atom. The van der Waals surface area contributed by atoms with Gasteiger partial charge in [-0.3, -0.25) is 4.79 Å². The van der Waals surface area contributed by atoms with Gasteiger partial charge in [0.15, 0.2) is 0 Å². The standard InChI is InChI=1S/C57H109NO4/c1-3-5-7-9-11-13-15-17-19-21-22-23-24-25-26-27-28-29-30-31-32-33-34-35-36-38-40-42-44-46-48-50-54(60)52-57(62)58-55(53-59)56(61)51-49-47-45-43-41-39-37-20-18-16-14-12-10-8-6-4-2/h18,20,41,43,49,51,54-56,59-61H,3-17,19,21-40,42,44-48,50,52-53H2,1-2H3,(H,58,62)/b20-18+,43-41+,51-49+. The van der Waals surface area contributed by atoms with E-state index in [2.05, 4.69) is 43.5 Å². The molecule has 0 saturated carbocycles. The number of amides is 1. The zero-order valence-electron chi connectivity index (χ0n) is 41.8. The Bertz CT molecular complexity index is 962. The fourth-order valence-corrected chi connectivity index (χ4v) is 8.67. The van der Waals surface area contributed by atoms with Crippen LogP contribution in [0.25, 0.3) is 0 Å². The molecule has 0 bridgehead atoms. The normalized spacial score (nSPS) is 13.6. The van der Waals surface area contributed by atoms with Crippen molar-refractivity contribution < 1.29 is 20.1 Å². The van der Waals surface area contributed by atoms with Crippen LogP contribution in [0.3, 0.4) is 0 Å². The number of hydrogen-bond donors (Lipinski definition) is 4. The molecule has 0 fully saturated rings. The van der Waals surface area contributed by atoms with Gasteiger partial charge < -0.3 is 20.6 Å². The molecule has 1 amide bonds. The first-order chi connectivity index (χ1) is 30.5. The first-order valence-corrected chi connectivity index (χ1v) is 27.8. The molecule has 3 unspecified atom stereocenters. The Morgan fingerprint density at radius 1 is 0.403 bits per heavy atom. The molecule has 0 aromatic heterocycles. The van der Waals surface area contributed by atoms with Gasteiger partial charge in [0.1, 0.15) is 0 Å². The largest absolute Gasteiger partial charge is 0.394 e. The minimum atomic E-state index is -0.958. The van der Waals surface area contributed by atoms with E-state index in [1.54, 1.807) is 6.08 Å². The van der Waals surface area contributed by atoms with Crippen molar-refractivity contribution in [2.45, 2.75) is 315 Å². The van der Waals surface area contributed by atoms with Crippen LogP contribution in [0.15, 0.2) is 36.5 Å². The van der Waals surface area contributed by atoms with Gasteiger partial charge in [0.2, 0.25) is 5.91 Å². The molecule has 0 radical (unpaired) electrons. The lowest BCUT2D eigenvalue weighted by atomic mass is 10.0. The van der Waals surface area contributed by atoms with E-state index in [-0.39, 0.29) is 18.9 Å². The van der Waals surface area contributed by atoms with Crippen LogP contribution in [0.5, 0.6) is 0 Å². The summed E-state index contributed by atoms with van der Waals surface area (Å²) in [6, 6.07) is -0.766. The van der Waals surface area contributed by atoms with E-state index in [1.165, 1.54) is 231 Å². The maximum atomic E-state index is 12.5. The first kappa shape index (κ1) is 60.6. The van der Waals surface area contributed by atoms with Gasteiger partial charge in [-0.1, -0.05) is 281 Å². The molecule has 0 aromatic rings. The van der Waals surface area contributed by atoms with Crippen LogP contribution in [-0.4, -0.2) is 46.1 Å². The molecule has 3 atom stereocenters. The summed E-state index contributed by atoms with van der Waals surface area (Å²) in [6.07, 6.45) is 67.7. The van der Waals surface area contributed by atoms with Crippen molar-refractivity contribution >= 4 is 5.91 Å². The van der Waals surface area contributed by atoms with E-state index in [1.807, 2.05) is 6.08 Å². The van der Waals surface area contributed by atoms with Crippen LogP contribution in [-0.2, 0) is 4.79 Å². The molecule has 0 aliphatic heterocycles. The zero-order valence-corrected chi connectivity index (χ0v) is 41.8. The van der Waals surface area contributed by atoms with Crippen molar-refractivity contribution in [1.29, 1.82) is 0 Å². The number of unbranched alkanes of at least 4 members (excludes halogenated alkanes) is 38. The third-order valence-electron chi connectivity index (χ3n) is 12.9. The highest BCUT2D eigenvalue weighted by atomic mass is 16.3. The molecule has 0 aliphatic carbocycles. The number of carbonyl (C=O) groups excluding carboxylic acids is 1. The summed E-state index contributed by atoms with van der Waals surface area (Å²) in [5.41, 5.74) is 0. The number of allylic oxidation sites excluding steroid dienone is 5. The SMILES string of the molecule is CCCCCCCC/C=C/CC/C=C/CC/C=C/C(O)C(CO)NC(=O)CC(O)CCCCCCCCCCCCCCCCCCCCCCCCCCCCCCCCC. The van der Waals surface area contributed by atoms with Gasteiger partial charge >= 0.3 is 0 Å². The second-order valence-electron chi connectivity index (χ2n) is 19.2. The van der Waals surface area contributed by atoms with Gasteiger partial charge in [-0.25, -0.2) is 0 Å². The third-order valence-corrected chi connectivity index (χ3v) is 12.9. The lowest BCUT2D eigenvalue weighted by molar-refractivity contribution is -0.124. The van der Waals surface area contributed by atoms with Crippen molar-refractivity contribution in [3.05, 3.63) is 36.5 Å². The topological polar surface area (TPSA) is 89.8 Å². The molecule has 62 heavy (non-hydrogen) atoms. The Balaban J connectivity index is 3.53. The minimum Gasteiger partial charge on any atom is -0.394 e. The predicted octanol–water partition coefficient (Wildman–Crippen LogP) is 17.1. The molecule has 0 rings (SSSR count). The molecular weight excluding hydrogens is 763 g/mol. The molecule has 366 valence electrons. The molecule has 0 spiro atoms. The highest BCUT2D eigenvalue weighted by Crippen LogP contribution is 2.18. The first-order valence-electron chi connectivity index (χ1n) is 27.8. The quantitative estimate of drug-likeness (QED) is 0.0362. The second-order valence-corrected chi connectivity index (χ2v) is 19.2. The number of rotatable bonds is 51. The van der Waals surface area contributed by atoms with Crippen LogP contribution in [0.4, 0.5) is 0 Å². The van der Waals surface area contributed by atoms with Crippen LogP contribution in [0.1, 0.15) is 296 Å². The number of nitrogens with one attached hydrogen (secondary N) is 1. The predicted molar refractivity (Wildman–Crippen MR) is 273 cm³/mol. The average molecular weight is 873 g/mol. The summed E-state index contributed by atoms with van der Waals surface area (Å²) in [7, 11) is 0. The highest BCUT2D eigenvalue weighted by Gasteiger charge is 2.20. The summed E-state index contributed by atoms with van der Waals surface area (Å²) >= 11 is 0. The van der Waals surface area contributed by atoms with Gasteiger partial charge in [-0.2, -0.15) is 0 Å². The van der Waals surface area contributed by atoms with Crippen molar-refractivity contribution in [2.24, 2.45) is 0 Å². The van der Waals surface area contributed by atoms with Gasteiger partial charge in [0.05, 0.1) is 31.3 Å². The van der Waals surface area contributed by atoms with Crippen molar-refractivity contribution in [2.75, 3.05) is 6.61 Å². The van der Waals surface area contributed by atoms with Crippen LogP contribution in [0, 0.1) is 0 Å². The molecule has 0 aromatic carbocycles. The van der Waals surface area contributed by atoms with E-state index in [9.17, 15) is 20.1 Å². The molecule has 5 nitrogen and oxygen atoms in total. The Labute approximate surface area is 387 Å². The number of carbonyl (C=O) groups is 1. The summed E-state index contributed by atoms with van der Waals surface area (Å²) in [5.74, 6) is -0.325. The lowest BCUT2D eigenvalue weighted by Crippen LogP contribution is -2.45. The van der Waals surface area contributed by atoms with E-state index in [4.69, 9.17) is 0 Å². The average Bonchev–Trinajstić information content (AvgIpc) is 3.27. The summed E-state index contributed by atoms with van der Waals surface area (Å²) in [6.45, 7) is 4.21. The maximum Gasteiger partial charge on any atom is 0.222 e. The van der Waals surface area contributed by atoms with Crippen LogP contribution >= 0.6 is 0 Å². The molecular formula is C57H109NO4. The molecule has 5 heteroatoms. The smallest absolute Gasteiger partial charge is 0.222 e. The van der Waals surface area contributed by atoms with E-state index < -0.39 is 18.2 Å². The Morgan fingerprint density at radius 3 is 1.03 bits per heavy atom. The van der Waals surface area contributed by atoms with Crippen molar-refractivity contribution in [3.8, 4) is 0 Å². The third kappa shape index (κ3) is 48.0. The highest BCUT2D eigenvalue weighted by molar-refractivity contribution is 5.76. The lowest BCUT2D eigenvalue weighted by Gasteiger charge is -2.21. The molecule has 0 saturated heterocycles. The second kappa shape index (κ2) is 52.2. The summed E-state index contributed by atoms with van der Waals surface area (Å²) in [4.78, 5) is 12.5. The number of hydrogen-bond acceptors (Lipinski definition) is 4. The number of aliphatic hydroxyl groups is 3. The van der Waals surface area contributed by atoms with Crippen molar-refractivity contribution in [1.82, 2.24) is 5.32 Å². The summed E-state index contributed by atoms with van der Waals surface area (Å²) < 4.78 is 0. The van der Waals surface area contributed by atoms with Crippen molar-refractivity contribution in [3.63, 3.8) is 0 Å². The van der Waals surface area contributed by atoms with Crippen LogP contribution in [0.2, 0.25) is 0 Å². The monoisotopic (exact) mass is 872 g/mol. The van der Waals surface area contributed by atoms with E-state index in [0.717, 1.165) is 38.5 Å². The van der Waals surface area contributed by atoms with E-state index in [0.29, 0.717) is 6.42 Å².